The van der Waals surface area contributed by atoms with Gasteiger partial charge in [0.15, 0.2) is 12.6 Å². The van der Waals surface area contributed by atoms with Crippen molar-refractivity contribution in [3.63, 3.8) is 0 Å². The summed E-state index contributed by atoms with van der Waals surface area (Å²) in [6.07, 6.45) is -14.6. The minimum Gasteiger partial charge on any atom is -0.394 e. The third kappa shape index (κ3) is 3.80. The summed E-state index contributed by atoms with van der Waals surface area (Å²) >= 11 is 3.96. The van der Waals surface area contributed by atoms with Crippen molar-refractivity contribution in [3.05, 3.63) is 0 Å². The summed E-state index contributed by atoms with van der Waals surface area (Å²) in [4.78, 5) is 0. The standard InChI is InChI=1S/C12H22O10S/c13-1-3-10(7(16)8(17)11(19)20-3)22-12-9(18)6(15)5(14)4(2-23)21-12/h3-19,23H,1-2H2/t3?,4?,5-,6?,7+,8?,9?,10+,11+,12-/m0/s1. The fourth-order valence-corrected chi connectivity index (χ4v) is 2.87. The van der Waals surface area contributed by atoms with Crippen molar-refractivity contribution < 1.29 is 50.0 Å². The monoisotopic (exact) mass is 358 g/mol. The number of thiol groups is 1. The first-order chi connectivity index (χ1) is 10.8. The molecule has 23 heavy (non-hydrogen) atoms. The Morgan fingerprint density at radius 3 is 2.00 bits per heavy atom. The van der Waals surface area contributed by atoms with Crippen molar-refractivity contribution >= 4 is 12.6 Å². The summed E-state index contributed by atoms with van der Waals surface area (Å²) in [5.74, 6) is 0.0271. The fourth-order valence-electron chi connectivity index (χ4n) is 2.57. The Bertz CT molecular complexity index is 383. The first-order valence-electron chi connectivity index (χ1n) is 7.08. The molecule has 0 aliphatic carbocycles. The molecule has 10 nitrogen and oxygen atoms in total. The molecule has 0 aromatic carbocycles. The van der Waals surface area contributed by atoms with E-state index in [4.69, 9.17) is 14.2 Å². The molecular weight excluding hydrogens is 336 g/mol. The van der Waals surface area contributed by atoms with Crippen LogP contribution in [0.5, 0.6) is 0 Å². The van der Waals surface area contributed by atoms with Gasteiger partial charge < -0.3 is 50.0 Å². The second kappa shape index (κ2) is 7.89. The topological polar surface area (TPSA) is 169 Å². The predicted octanol–water partition coefficient (Wildman–Crippen LogP) is -4.46. The van der Waals surface area contributed by atoms with Gasteiger partial charge in [-0.25, -0.2) is 0 Å². The molecule has 2 aliphatic heterocycles. The molecule has 2 aliphatic rings. The minimum atomic E-state index is -1.71. The third-order valence-electron chi connectivity index (χ3n) is 3.98. The lowest BCUT2D eigenvalue weighted by Crippen LogP contribution is -2.64. The van der Waals surface area contributed by atoms with Crippen molar-refractivity contribution in [2.75, 3.05) is 12.4 Å². The van der Waals surface area contributed by atoms with E-state index in [9.17, 15) is 35.7 Å². The van der Waals surface area contributed by atoms with Crippen LogP contribution in [0, 0.1) is 0 Å². The van der Waals surface area contributed by atoms with Crippen LogP contribution in [-0.4, -0.2) is 110 Å². The van der Waals surface area contributed by atoms with Gasteiger partial charge in [-0.05, 0) is 0 Å². The Labute approximate surface area is 137 Å². The first kappa shape index (κ1) is 19.3. The van der Waals surface area contributed by atoms with Gasteiger partial charge in [0.1, 0.15) is 42.7 Å². The molecule has 0 spiro atoms. The van der Waals surface area contributed by atoms with E-state index in [0.717, 1.165) is 0 Å². The Morgan fingerprint density at radius 1 is 0.783 bits per heavy atom. The van der Waals surface area contributed by atoms with Gasteiger partial charge in [-0.1, -0.05) is 0 Å². The van der Waals surface area contributed by atoms with Gasteiger partial charge in [0.25, 0.3) is 0 Å². The van der Waals surface area contributed by atoms with E-state index in [1.165, 1.54) is 0 Å². The van der Waals surface area contributed by atoms with Gasteiger partial charge in [0, 0.05) is 5.75 Å². The second-order valence-corrected chi connectivity index (χ2v) is 5.89. The fraction of sp³-hybridized carbons (Fsp3) is 1.00. The molecule has 136 valence electrons. The normalized spacial score (nSPS) is 51.7. The maximum atomic E-state index is 9.98. The molecule has 0 aromatic rings. The molecule has 2 fully saturated rings. The molecule has 11 heteroatoms. The van der Waals surface area contributed by atoms with Crippen LogP contribution in [0.1, 0.15) is 0 Å². The minimum absolute atomic E-state index is 0.0271. The average molecular weight is 358 g/mol. The number of rotatable bonds is 4. The number of aliphatic hydroxyl groups excluding tert-OH is 7. The zero-order chi connectivity index (χ0) is 17.3. The molecule has 0 bridgehead atoms. The lowest BCUT2D eigenvalue weighted by atomic mass is 9.97. The van der Waals surface area contributed by atoms with Crippen LogP contribution in [0.2, 0.25) is 0 Å². The molecular formula is C12H22O10S. The molecule has 7 N–H and O–H groups in total. The highest BCUT2D eigenvalue weighted by Gasteiger charge is 2.49. The van der Waals surface area contributed by atoms with Crippen LogP contribution in [0.4, 0.5) is 0 Å². The lowest BCUT2D eigenvalue weighted by Gasteiger charge is -2.45. The maximum Gasteiger partial charge on any atom is 0.187 e. The summed E-state index contributed by atoms with van der Waals surface area (Å²) in [6.45, 7) is -0.643. The highest BCUT2D eigenvalue weighted by molar-refractivity contribution is 7.80. The molecule has 0 saturated carbocycles. The molecule has 5 unspecified atom stereocenters. The Balaban J connectivity index is 2.11. The van der Waals surface area contributed by atoms with E-state index >= 15 is 0 Å². The van der Waals surface area contributed by atoms with Crippen LogP contribution >= 0.6 is 12.6 Å². The van der Waals surface area contributed by atoms with E-state index in [1.54, 1.807) is 0 Å². The Hall–Kier alpha value is -0.0500. The van der Waals surface area contributed by atoms with Crippen LogP contribution in [0.25, 0.3) is 0 Å². The van der Waals surface area contributed by atoms with E-state index in [1.807, 2.05) is 0 Å². The van der Waals surface area contributed by atoms with Crippen molar-refractivity contribution in [1.29, 1.82) is 0 Å². The Morgan fingerprint density at radius 2 is 1.43 bits per heavy atom. The maximum absolute atomic E-state index is 9.98. The third-order valence-corrected chi connectivity index (χ3v) is 4.34. The van der Waals surface area contributed by atoms with Gasteiger partial charge in [-0.2, -0.15) is 12.6 Å². The lowest BCUT2D eigenvalue weighted by molar-refractivity contribution is -0.351. The number of ether oxygens (including phenoxy) is 3. The number of hydrogen-bond donors (Lipinski definition) is 8. The summed E-state index contributed by atoms with van der Waals surface area (Å²) in [5, 5.41) is 67.7. The first-order valence-corrected chi connectivity index (χ1v) is 7.71. The van der Waals surface area contributed by atoms with Crippen molar-refractivity contribution in [2.24, 2.45) is 0 Å². The van der Waals surface area contributed by atoms with E-state index < -0.39 is 68.0 Å². The summed E-state index contributed by atoms with van der Waals surface area (Å²) < 4.78 is 15.5. The number of hydrogen-bond acceptors (Lipinski definition) is 11. The summed E-state index contributed by atoms with van der Waals surface area (Å²) in [6, 6.07) is 0. The van der Waals surface area contributed by atoms with Gasteiger partial charge in [-0.3, -0.25) is 0 Å². The van der Waals surface area contributed by atoms with E-state index in [0.29, 0.717) is 0 Å². The van der Waals surface area contributed by atoms with Gasteiger partial charge in [0.2, 0.25) is 0 Å². The summed E-state index contributed by atoms with van der Waals surface area (Å²) in [7, 11) is 0. The molecule has 0 radical (unpaired) electrons. The molecule has 2 rings (SSSR count). The van der Waals surface area contributed by atoms with E-state index in [2.05, 4.69) is 12.6 Å². The largest absolute Gasteiger partial charge is 0.394 e. The van der Waals surface area contributed by atoms with Crippen LogP contribution in [0.3, 0.4) is 0 Å². The highest BCUT2D eigenvalue weighted by atomic mass is 32.1. The average Bonchev–Trinajstić information content (AvgIpc) is 2.55. The molecule has 0 amide bonds. The SMILES string of the molecule is OCC1O[C@@H](O)C(O)[C@@H](O)[C@@H]1O[C@@H]1OC(CS)[C@H](O)C(O)C1O. The Kier molecular flexibility index (Phi) is 6.61. The van der Waals surface area contributed by atoms with Gasteiger partial charge >= 0.3 is 0 Å². The van der Waals surface area contributed by atoms with Crippen molar-refractivity contribution in [3.8, 4) is 0 Å². The van der Waals surface area contributed by atoms with Gasteiger partial charge in [0.05, 0.1) is 12.7 Å². The van der Waals surface area contributed by atoms with Crippen LogP contribution in [0.15, 0.2) is 0 Å². The zero-order valence-electron chi connectivity index (χ0n) is 12.0. The molecule has 10 atom stereocenters. The van der Waals surface area contributed by atoms with E-state index in [-0.39, 0.29) is 5.75 Å². The summed E-state index contributed by atoms with van der Waals surface area (Å²) in [5.41, 5.74) is 0. The quantitative estimate of drug-likeness (QED) is 0.229. The van der Waals surface area contributed by atoms with Crippen LogP contribution in [-0.2, 0) is 14.2 Å². The second-order valence-electron chi connectivity index (χ2n) is 5.53. The smallest absolute Gasteiger partial charge is 0.187 e. The zero-order valence-corrected chi connectivity index (χ0v) is 12.9. The van der Waals surface area contributed by atoms with Crippen LogP contribution < -0.4 is 0 Å². The molecule has 2 saturated heterocycles. The molecule has 2 heterocycles. The number of aliphatic hydroxyl groups is 7. The van der Waals surface area contributed by atoms with Gasteiger partial charge in [-0.15, -0.1) is 0 Å². The highest BCUT2D eigenvalue weighted by Crippen LogP contribution is 2.28. The molecule has 0 aromatic heterocycles. The van der Waals surface area contributed by atoms with Crippen molar-refractivity contribution in [2.45, 2.75) is 61.4 Å². The predicted molar refractivity (Wildman–Crippen MR) is 75.4 cm³/mol. The van der Waals surface area contributed by atoms with Crippen molar-refractivity contribution in [1.82, 2.24) is 0 Å².